The Morgan fingerprint density at radius 2 is 1.94 bits per heavy atom. The van der Waals surface area contributed by atoms with Crippen molar-refractivity contribution >= 4 is 5.69 Å². The van der Waals surface area contributed by atoms with Gasteiger partial charge in [-0.1, -0.05) is 6.07 Å². The van der Waals surface area contributed by atoms with Gasteiger partial charge in [0.25, 0.3) is 0 Å². The lowest BCUT2D eigenvalue weighted by Gasteiger charge is -2.16. The largest absolute Gasteiger partial charge is 0.376 e. The highest BCUT2D eigenvalue weighted by atomic mass is 19.2. The first kappa shape index (κ1) is 12.4. The topological polar surface area (TPSA) is 24.9 Å². The fraction of sp³-hybridized carbons (Fsp3) is 0.154. The minimum Gasteiger partial charge on any atom is -0.376 e. The Morgan fingerprint density at radius 1 is 1.17 bits per heavy atom. The van der Waals surface area contributed by atoms with Gasteiger partial charge in [-0.3, -0.25) is 4.98 Å². The van der Waals surface area contributed by atoms with Crippen LogP contribution >= 0.6 is 0 Å². The third kappa shape index (κ3) is 2.61. The summed E-state index contributed by atoms with van der Waals surface area (Å²) in [4.78, 5) is 3.70. The summed E-state index contributed by atoms with van der Waals surface area (Å²) < 4.78 is 39.4. The SMILES string of the molecule is CC(Nc1cccc(F)c1F)c1cncc(F)c1. The second-order valence-electron chi connectivity index (χ2n) is 3.90. The first-order valence-corrected chi connectivity index (χ1v) is 5.39. The Balaban J connectivity index is 2.21. The molecular weight excluding hydrogens is 241 g/mol. The van der Waals surface area contributed by atoms with Crippen LogP contribution in [0.2, 0.25) is 0 Å². The number of anilines is 1. The quantitative estimate of drug-likeness (QED) is 0.901. The summed E-state index contributed by atoms with van der Waals surface area (Å²) in [5.41, 5.74) is 0.588. The molecule has 0 spiro atoms. The molecule has 0 aliphatic heterocycles. The van der Waals surface area contributed by atoms with Gasteiger partial charge in [-0.2, -0.15) is 0 Å². The number of halogens is 3. The highest BCUT2D eigenvalue weighted by Gasteiger charge is 2.12. The van der Waals surface area contributed by atoms with Crippen molar-refractivity contribution < 1.29 is 13.2 Å². The Bertz CT molecular complexity index is 558. The normalized spacial score (nSPS) is 12.2. The summed E-state index contributed by atoms with van der Waals surface area (Å²) in [6.45, 7) is 1.71. The molecule has 1 unspecified atom stereocenters. The number of hydrogen-bond acceptors (Lipinski definition) is 2. The molecule has 0 amide bonds. The summed E-state index contributed by atoms with van der Waals surface area (Å²) in [7, 11) is 0. The van der Waals surface area contributed by atoms with Crippen molar-refractivity contribution in [1.82, 2.24) is 4.98 Å². The van der Waals surface area contributed by atoms with Crippen molar-refractivity contribution in [3.63, 3.8) is 0 Å². The van der Waals surface area contributed by atoms with Gasteiger partial charge in [0.15, 0.2) is 11.6 Å². The van der Waals surface area contributed by atoms with Crippen molar-refractivity contribution in [2.45, 2.75) is 13.0 Å². The highest BCUT2D eigenvalue weighted by Crippen LogP contribution is 2.22. The highest BCUT2D eigenvalue weighted by molar-refractivity contribution is 5.46. The van der Waals surface area contributed by atoms with Crippen LogP contribution < -0.4 is 5.32 Å². The van der Waals surface area contributed by atoms with E-state index in [1.807, 2.05) is 0 Å². The molecule has 94 valence electrons. The number of benzene rings is 1. The molecule has 1 atom stereocenters. The molecule has 0 aliphatic carbocycles. The fourth-order valence-corrected chi connectivity index (χ4v) is 1.60. The average Bonchev–Trinajstić information content (AvgIpc) is 2.35. The van der Waals surface area contributed by atoms with Gasteiger partial charge in [-0.05, 0) is 30.7 Å². The molecule has 2 rings (SSSR count). The van der Waals surface area contributed by atoms with Crippen LogP contribution in [0.4, 0.5) is 18.9 Å². The van der Waals surface area contributed by atoms with Crippen LogP contribution in [0.3, 0.4) is 0 Å². The molecule has 2 nitrogen and oxygen atoms in total. The zero-order valence-electron chi connectivity index (χ0n) is 9.62. The molecule has 2 aromatic rings. The van der Waals surface area contributed by atoms with E-state index in [0.717, 1.165) is 12.3 Å². The van der Waals surface area contributed by atoms with Gasteiger partial charge in [0.05, 0.1) is 17.9 Å². The molecule has 1 aromatic heterocycles. The molecule has 0 bridgehead atoms. The molecule has 0 radical (unpaired) electrons. The van der Waals surface area contributed by atoms with E-state index < -0.39 is 17.5 Å². The van der Waals surface area contributed by atoms with Crippen molar-refractivity contribution in [3.05, 3.63) is 59.7 Å². The van der Waals surface area contributed by atoms with E-state index in [9.17, 15) is 13.2 Å². The van der Waals surface area contributed by atoms with E-state index >= 15 is 0 Å². The fourth-order valence-electron chi connectivity index (χ4n) is 1.60. The molecule has 0 aliphatic rings. The molecule has 1 heterocycles. The second kappa shape index (κ2) is 5.08. The number of rotatable bonds is 3. The molecule has 0 saturated heterocycles. The van der Waals surface area contributed by atoms with Crippen molar-refractivity contribution in [2.24, 2.45) is 0 Å². The summed E-state index contributed by atoms with van der Waals surface area (Å²) in [6, 6.07) is 4.76. The van der Waals surface area contributed by atoms with Gasteiger partial charge in [0.1, 0.15) is 5.82 Å². The number of pyridine rings is 1. The molecule has 1 aromatic carbocycles. The third-order valence-electron chi connectivity index (χ3n) is 2.55. The van der Waals surface area contributed by atoms with Crippen LogP contribution in [0.5, 0.6) is 0 Å². The van der Waals surface area contributed by atoms with Crippen molar-refractivity contribution in [3.8, 4) is 0 Å². The van der Waals surface area contributed by atoms with Crippen LogP contribution in [0.15, 0.2) is 36.7 Å². The average molecular weight is 252 g/mol. The summed E-state index contributed by atoms with van der Waals surface area (Å²) >= 11 is 0. The third-order valence-corrected chi connectivity index (χ3v) is 2.55. The lowest BCUT2D eigenvalue weighted by molar-refractivity contribution is 0.510. The summed E-state index contributed by atoms with van der Waals surface area (Å²) in [5, 5.41) is 2.77. The lowest BCUT2D eigenvalue weighted by atomic mass is 10.1. The molecule has 0 fully saturated rings. The summed E-state index contributed by atoms with van der Waals surface area (Å²) in [6.07, 6.45) is 2.55. The van der Waals surface area contributed by atoms with Gasteiger partial charge >= 0.3 is 0 Å². The summed E-state index contributed by atoms with van der Waals surface area (Å²) in [5.74, 6) is -2.35. The maximum absolute atomic E-state index is 13.4. The van der Waals surface area contributed by atoms with Crippen molar-refractivity contribution in [2.75, 3.05) is 5.32 Å². The van der Waals surface area contributed by atoms with Crippen LogP contribution in [0, 0.1) is 17.5 Å². The van der Waals surface area contributed by atoms with Crippen LogP contribution in [-0.4, -0.2) is 4.98 Å². The smallest absolute Gasteiger partial charge is 0.181 e. The van der Waals surface area contributed by atoms with E-state index in [1.165, 1.54) is 24.4 Å². The predicted octanol–water partition coefficient (Wildman–Crippen LogP) is 3.67. The first-order chi connectivity index (χ1) is 8.58. The van der Waals surface area contributed by atoms with Crippen molar-refractivity contribution in [1.29, 1.82) is 0 Å². The Morgan fingerprint density at radius 3 is 2.67 bits per heavy atom. The monoisotopic (exact) mass is 252 g/mol. The maximum atomic E-state index is 13.4. The lowest BCUT2D eigenvalue weighted by Crippen LogP contribution is -2.09. The van der Waals surface area contributed by atoms with Gasteiger partial charge in [-0.25, -0.2) is 13.2 Å². The van der Waals surface area contributed by atoms with Crippen LogP contribution in [-0.2, 0) is 0 Å². The van der Waals surface area contributed by atoms with Crippen LogP contribution in [0.1, 0.15) is 18.5 Å². The van der Waals surface area contributed by atoms with Gasteiger partial charge < -0.3 is 5.32 Å². The number of nitrogens with one attached hydrogen (secondary N) is 1. The Hall–Kier alpha value is -2.04. The van der Waals surface area contributed by atoms with E-state index in [4.69, 9.17) is 0 Å². The first-order valence-electron chi connectivity index (χ1n) is 5.39. The van der Waals surface area contributed by atoms with Gasteiger partial charge in [0.2, 0.25) is 0 Å². The number of nitrogens with zero attached hydrogens (tertiary/aromatic N) is 1. The zero-order chi connectivity index (χ0) is 13.1. The van der Waals surface area contributed by atoms with E-state index in [0.29, 0.717) is 5.56 Å². The molecule has 1 N–H and O–H groups in total. The molecule has 18 heavy (non-hydrogen) atoms. The molecule has 5 heteroatoms. The Kier molecular flexibility index (Phi) is 3.50. The van der Waals surface area contributed by atoms with Crippen LogP contribution in [0.25, 0.3) is 0 Å². The maximum Gasteiger partial charge on any atom is 0.181 e. The number of aromatic nitrogens is 1. The van der Waals surface area contributed by atoms with E-state index in [-0.39, 0.29) is 11.7 Å². The van der Waals surface area contributed by atoms with Gasteiger partial charge in [-0.15, -0.1) is 0 Å². The minimum absolute atomic E-state index is 0.0340. The molecule has 0 saturated carbocycles. The zero-order valence-corrected chi connectivity index (χ0v) is 9.62. The Labute approximate surface area is 102 Å². The van der Waals surface area contributed by atoms with Gasteiger partial charge in [0, 0.05) is 6.20 Å². The number of hydrogen-bond donors (Lipinski definition) is 1. The minimum atomic E-state index is -0.950. The van der Waals surface area contributed by atoms with E-state index in [2.05, 4.69) is 10.3 Å². The predicted molar refractivity (Wildman–Crippen MR) is 62.6 cm³/mol. The van der Waals surface area contributed by atoms with E-state index in [1.54, 1.807) is 6.92 Å². The molecular formula is C13H11F3N2. The standard InChI is InChI=1S/C13H11F3N2/c1-8(9-5-10(14)7-17-6-9)18-12-4-2-3-11(15)13(12)16/h2-8,18H,1H3. The second-order valence-corrected chi connectivity index (χ2v) is 3.90.